The molecule has 0 spiro atoms. The van der Waals surface area contributed by atoms with Gasteiger partial charge in [-0.2, -0.15) is 0 Å². The Hall–Kier alpha value is -2.24. The van der Waals surface area contributed by atoms with E-state index >= 15 is 0 Å². The van der Waals surface area contributed by atoms with Crippen molar-refractivity contribution in [2.75, 3.05) is 31.9 Å². The Morgan fingerprint density at radius 1 is 0.885 bits per heavy atom. The molecule has 1 heterocycles. The fraction of sp³-hybridized carbons (Fsp3) is 0.263. The number of rotatable bonds is 2. The van der Waals surface area contributed by atoms with Gasteiger partial charge in [0.15, 0.2) is 0 Å². The number of hydrogen-bond donors (Lipinski definition) is 1. The quantitative estimate of drug-likeness (QED) is 0.796. The Morgan fingerprint density at radius 3 is 2.04 bits per heavy atom. The molecule has 0 aliphatic carbocycles. The average Bonchev–Trinajstić information content (AvgIpc) is 2.63. The Morgan fingerprint density at radius 2 is 1.46 bits per heavy atom. The summed E-state index contributed by atoms with van der Waals surface area (Å²) < 4.78 is 0. The Kier molecular flexibility index (Phi) is 5.39. The van der Waals surface area contributed by atoms with E-state index in [9.17, 15) is 9.59 Å². The maximum Gasteiger partial charge on any atom is 0.255 e. The fourth-order valence-corrected chi connectivity index (χ4v) is 3.48. The van der Waals surface area contributed by atoms with Crippen molar-refractivity contribution >= 4 is 40.7 Å². The van der Waals surface area contributed by atoms with Gasteiger partial charge in [-0.25, -0.2) is 0 Å². The maximum atomic E-state index is 12.7. The summed E-state index contributed by atoms with van der Waals surface area (Å²) in [4.78, 5) is 28.8. The van der Waals surface area contributed by atoms with Crippen LogP contribution in [0.15, 0.2) is 36.4 Å². The molecular formula is C19H19Cl2N3O2. The smallest absolute Gasteiger partial charge is 0.255 e. The predicted octanol–water partition coefficient (Wildman–Crippen LogP) is 3.48. The van der Waals surface area contributed by atoms with Gasteiger partial charge >= 0.3 is 0 Å². The molecule has 2 aromatic carbocycles. The van der Waals surface area contributed by atoms with Crippen LogP contribution in [0.1, 0.15) is 26.3 Å². The van der Waals surface area contributed by atoms with E-state index in [0.29, 0.717) is 53.0 Å². The topological polar surface area (TPSA) is 66.6 Å². The fourth-order valence-electron chi connectivity index (χ4n) is 2.99. The van der Waals surface area contributed by atoms with Crippen molar-refractivity contribution in [3.63, 3.8) is 0 Å². The summed E-state index contributed by atoms with van der Waals surface area (Å²) in [6.45, 7) is 3.71. The van der Waals surface area contributed by atoms with Gasteiger partial charge in [-0.15, -0.1) is 0 Å². The zero-order valence-electron chi connectivity index (χ0n) is 14.3. The van der Waals surface area contributed by atoms with Crippen LogP contribution >= 0.6 is 23.2 Å². The number of halogens is 2. The molecule has 26 heavy (non-hydrogen) atoms. The van der Waals surface area contributed by atoms with Crippen LogP contribution < -0.4 is 5.73 Å². The van der Waals surface area contributed by atoms with Crippen molar-refractivity contribution in [1.82, 2.24) is 9.80 Å². The van der Waals surface area contributed by atoms with Crippen molar-refractivity contribution in [2.45, 2.75) is 6.92 Å². The van der Waals surface area contributed by atoms with E-state index in [4.69, 9.17) is 28.9 Å². The van der Waals surface area contributed by atoms with Gasteiger partial charge in [0.25, 0.3) is 11.8 Å². The SMILES string of the molecule is Cc1ccc(N)cc1C(=O)N1CCN(C(=O)c2ccc(Cl)cc2Cl)CC1. The van der Waals surface area contributed by atoms with Crippen LogP contribution in [0.3, 0.4) is 0 Å². The van der Waals surface area contributed by atoms with Crippen LogP contribution in [-0.4, -0.2) is 47.8 Å². The van der Waals surface area contributed by atoms with Gasteiger partial charge in [-0.05, 0) is 42.8 Å². The number of hydrogen-bond acceptors (Lipinski definition) is 3. The second kappa shape index (κ2) is 7.56. The van der Waals surface area contributed by atoms with Gasteiger partial charge in [0.2, 0.25) is 0 Å². The molecule has 1 aliphatic heterocycles. The molecule has 0 bridgehead atoms. The Balaban J connectivity index is 1.68. The van der Waals surface area contributed by atoms with E-state index in [0.717, 1.165) is 5.56 Å². The van der Waals surface area contributed by atoms with Crippen molar-refractivity contribution in [3.05, 3.63) is 63.1 Å². The lowest BCUT2D eigenvalue weighted by atomic mass is 10.1. The number of benzene rings is 2. The summed E-state index contributed by atoms with van der Waals surface area (Å²) in [7, 11) is 0. The lowest BCUT2D eigenvalue weighted by Crippen LogP contribution is -2.50. The first-order chi connectivity index (χ1) is 12.4. The van der Waals surface area contributed by atoms with E-state index in [1.165, 1.54) is 0 Å². The van der Waals surface area contributed by atoms with Crippen LogP contribution in [0.2, 0.25) is 10.0 Å². The number of amides is 2. The Bertz CT molecular complexity index is 862. The lowest BCUT2D eigenvalue weighted by Gasteiger charge is -2.35. The lowest BCUT2D eigenvalue weighted by molar-refractivity contribution is 0.0535. The molecule has 0 unspecified atom stereocenters. The zero-order valence-corrected chi connectivity index (χ0v) is 15.8. The summed E-state index contributed by atoms with van der Waals surface area (Å²) >= 11 is 12.0. The van der Waals surface area contributed by atoms with Gasteiger partial charge in [0.05, 0.1) is 10.6 Å². The molecule has 136 valence electrons. The third-order valence-corrected chi connectivity index (χ3v) is 5.06. The van der Waals surface area contributed by atoms with Gasteiger partial charge in [0, 0.05) is 42.5 Å². The summed E-state index contributed by atoms with van der Waals surface area (Å²) in [5, 5.41) is 0.816. The summed E-state index contributed by atoms with van der Waals surface area (Å²) in [6.07, 6.45) is 0. The monoisotopic (exact) mass is 391 g/mol. The first-order valence-corrected chi connectivity index (χ1v) is 9.02. The number of nitrogens with two attached hydrogens (primary N) is 1. The predicted molar refractivity (Wildman–Crippen MR) is 104 cm³/mol. The number of carbonyl (C=O) groups is 2. The van der Waals surface area contributed by atoms with Gasteiger partial charge in [-0.3, -0.25) is 9.59 Å². The highest BCUT2D eigenvalue weighted by Crippen LogP contribution is 2.23. The van der Waals surface area contributed by atoms with E-state index in [1.807, 2.05) is 13.0 Å². The minimum Gasteiger partial charge on any atom is -0.399 e. The normalized spacial score (nSPS) is 14.4. The maximum absolute atomic E-state index is 12.7. The molecule has 0 atom stereocenters. The highest BCUT2D eigenvalue weighted by atomic mass is 35.5. The molecule has 5 nitrogen and oxygen atoms in total. The largest absolute Gasteiger partial charge is 0.399 e. The zero-order chi connectivity index (χ0) is 18.8. The molecular weight excluding hydrogens is 373 g/mol. The van der Waals surface area contributed by atoms with E-state index in [2.05, 4.69) is 0 Å². The van der Waals surface area contributed by atoms with Crippen LogP contribution in [0.4, 0.5) is 5.69 Å². The molecule has 3 rings (SSSR count). The minimum atomic E-state index is -0.154. The number of piperazine rings is 1. The molecule has 1 aliphatic rings. The van der Waals surface area contributed by atoms with E-state index in [-0.39, 0.29) is 11.8 Å². The molecule has 2 N–H and O–H groups in total. The summed E-state index contributed by atoms with van der Waals surface area (Å²) in [6, 6.07) is 10.1. The van der Waals surface area contributed by atoms with Gasteiger partial charge in [-0.1, -0.05) is 29.3 Å². The summed E-state index contributed by atoms with van der Waals surface area (Å²) in [5.41, 5.74) is 8.27. The first kappa shape index (κ1) is 18.5. The molecule has 2 amide bonds. The van der Waals surface area contributed by atoms with Crippen LogP contribution in [0.25, 0.3) is 0 Å². The van der Waals surface area contributed by atoms with Crippen LogP contribution in [0, 0.1) is 6.92 Å². The standard InChI is InChI=1S/C19H19Cl2N3O2/c1-12-2-4-14(22)11-16(12)19(26)24-8-6-23(7-9-24)18(25)15-5-3-13(20)10-17(15)21/h2-5,10-11H,6-9,22H2,1H3. The van der Waals surface area contributed by atoms with E-state index in [1.54, 1.807) is 40.1 Å². The van der Waals surface area contributed by atoms with E-state index < -0.39 is 0 Å². The van der Waals surface area contributed by atoms with Crippen molar-refractivity contribution < 1.29 is 9.59 Å². The molecule has 0 radical (unpaired) electrons. The molecule has 0 aromatic heterocycles. The van der Waals surface area contributed by atoms with Crippen molar-refractivity contribution in [3.8, 4) is 0 Å². The van der Waals surface area contributed by atoms with Crippen molar-refractivity contribution in [1.29, 1.82) is 0 Å². The second-order valence-electron chi connectivity index (χ2n) is 6.28. The van der Waals surface area contributed by atoms with Crippen molar-refractivity contribution in [2.24, 2.45) is 0 Å². The number of carbonyl (C=O) groups excluding carboxylic acids is 2. The number of nitrogen functional groups attached to an aromatic ring is 1. The van der Waals surface area contributed by atoms with Gasteiger partial charge in [0.1, 0.15) is 0 Å². The summed E-state index contributed by atoms with van der Waals surface area (Å²) in [5.74, 6) is -0.217. The third kappa shape index (κ3) is 3.79. The second-order valence-corrected chi connectivity index (χ2v) is 7.13. The minimum absolute atomic E-state index is 0.0635. The molecule has 0 saturated carbocycles. The third-order valence-electron chi connectivity index (χ3n) is 4.51. The molecule has 2 aromatic rings. The highest BCUT2D eigenvalue weighted by Gasteiger charge is 2.27. The molecule has 1 fully saturated rings. The Labute approximate surface area is 162 Å². The first-order valence-electron chi connectivity index (χ1n) is 8.26. The average molecular weight is 392 g/mol. The van der Waals surface area contributed by atoms with Crippen LogP contribution in [0.5, 0.6) is 0 Å². The molecule has 1 saturated heterocycles. The van der Waals surface area contributed by atoms with Gasteiger partial charge < -0.3 is 15.5 Å². The molecule has 7 heteroatoms. The van der Waals surface area contributed by atoms with Crippen LogP contribution in [-0.2, 0) is 0 Å². The number of anilines is 1. The number of nitrogens with zero attached hydrogens (tertiary/aromatic N) is 2. The highest BCUT2D eigenvalue weighted by molar-refractivity contribution is 6.36. The number of aryl methyl sites for hydroxylation is 1.